The van der Waals surface area contributed by atoms with E-state index in [1.807, 2.05) is 24.3 Å². The van der Waals surface area contributed by atoms with Gasteiger partial charge in [0.25, 0.3) is 5.89 Å². The van der Waals surface area contributed by atoms with Crippen molar-refractivity contribution < 1.29 is 4.52 Å². The number of nitrogens with two attached hydrogens (primary N) is 1. The Bertz CT molecular complexity index is 769. The Labute approximate surface area is 131 Å². The van der Waals surface area contributed by atoms with E-state index in [4.69, 9.17) is 33.5 Å². The van der Waals surface area contributed by atoms with Crippen LogP contribution in [-0.4, -0.2) is 10.1 Å². The van der Waals surface area contributed by atoms with Crippen LogP contribution in [0.5, 0.6) is 0 Å². The molecule has 0 fully saturated rings. The molecule has 0 aliphatic carbocycles. The summed E-state index contributed by atoms with van der Waals surface area (Å²) in [7, 11) is 0. The molecule has 21 heavy (non-hydrogen) atoms. The molecule has 0 radical (unpaired) electrons. The summed E-state index contributed by atoms with van der Waals surface area (Å²) >= 11 is 11.7. The molecule has 2 aromatic carbocycles. The lowest BCUT2D eigenvalue weighted by molar-refractivity contribution is 0.424. The largest absolute Gasteiger partial charge is 0.398 e. The molecule has 1 heterocycles. The molecule has 3 aromatic rings. The van der Waals surface area contributed by atoms with Crippen LogP contribution in [0.1, 0.15) is 11.4 Å². The first-order valence-corrected chi connectivity index (χ1v) is 7.00. The third-order valence-corrected chi connectivity index (χ3v) is 3.47. The molecular weight excluding hydrogens is 309 g/mol. The van der Waals surface area contributed by atoms with Gasteiger partial charge in [-0.25, -0.2) is 0 Å². The van der Waals surface area contributed by atoms with Gasteiger partial charge in [-0.1, -0.05) is 40.5 Å². The highest BCUT2D eigenvalue weighted by Crippen LogP contribution is 2.27. The fraction of sp³-hybridized carbons (Fsp3) is 0.0667. The summed E-state index contributed by atoms with van der Waals surface area (Å²) in [6.45, 7) is 0. The van der Waals surface area contributed by atoms with Crippen molar-refractivity contribution in [2.24, 2.45) is 0 Å². The third-order valence-electron chi connectivity index (χ3n) is 2.99. The number of hydrogen-bond acceptors (Lipinski definition) is 4. The minimum Gasteiger partial charge on any atom is -0.398 e. The molecule has 0 aliphatic rings. The molecule has 106 valence electrons. The predicted octanol–water partition coefficient (Wildman–Crippen LogP) is 4.22. The second-order valence-electron chi connectivity index (χ2n) is 4.55. The van der Waals surface area contributed by atoms with Gasteiger partial charge in [-0.05, 0) is 35.9 Å². The molecule has 0 unspecified atom stereocenters. The van der Waals surface area contributed by atoms with Crippen molar-refractivity contribution in [1.29, 1.82) is 0 Å². The SMILES string of the molecule is Nc1cc(Cl)ccc1-c1nc(Cc2ccc(Cl)cc2)no1. The van der Waals surface area contributed by atoms with Gasteiger partial charge in [-0.2, -0.15) is 4.98 Å². The maximum Gasteiger partial charge on any atom is 0.260 e. The maximum absolute atomic E-state index is 5.91. The van der Waals surface area contributed by atoms with Crippen LogP contribution in [0.15, 0.2) is 47.0 Å². The van der Waals surface area contributed by atoms with Gasteiger partial charge in [-0.3, -0.25) is 0 Å². The Kier molecular flexibility index (Phi) is 3.82. The van der Waals surface area contributed by atoms with Crippen molar-refractivity contribution in [1.82, 2.24) is 10.1 Å². The first kappa shape index (κ1) is 13.9. The molecule has 0 spiro atoms. The maximum atomic E-state index is 5.91. The zero-order valence-electron chi connectivity index (χ0n) is 10.9. The first-order chi connectivity index (χ1) is 10.1. The Morgan fingerprint density at radius 2 is 1.71 bits per heavy atom. The topological polar surface area (TPSA) is 64.9 Å². The summed E-state index contributed by atoms with van der Waals surface area (Å²) in [6.07, 6.45) is 0.564. The van der Waals surface area contributed by atoms with E-state index in [1.54, 1.807) is 18.2 Å². The lowest BCUT2D eigenvalue weighted by Crippen LogP contribution is -1.92. The van der Waals surface area contributed by atoms with Crippen LogP contribution in [0.3, 0.4) is 0 Å². The van der Waals surface area contributed by atoms with Crippen LogP contribution in [-0.2, 0) is 6.42 Å². The second kappa shape index (κ2) is 5.76. The van der Waals surface area contributed by atoms with Crippen LogP contribution < -0.4 is 5.73 Å². The molecule has 4 nitrogen and oxygen atoms in total. The average molecular weight is 320 g/mol. The van der Waals surface area contributed by atoms with Gasteiger partial charge >= 0.3 is 0 Å². The zero-order chi connectivity index (χ0) is 14.8. The molecule has 0 atom stereocenters. The molecule has 1 aromatic heterocycles. The van der Waals surface area contributed by atoms with Crippen molar-refractivity contribution >= 4 is 28.9 Å². The van der Waals surface area contributed by atoms with Crippen LogP contribution >= 0.6 is 23.2 Å². The van der Waals surface area contributed by atoms with E-state index in [0.29, 0.717) is 39.4 Å². The monoisotopic (exact) mass is 319 g/mol. The molecule has 2 N–H and O–H groups in total. The Morgan fingerprint density at radius 1 is 1.00 bits per heavy atom. The number of nitrogens with zero attached hydrogens (tertiary/aromatic N) is 2. The van der Waals surface area contributed by atoms with Crippen molar-refractivity contribution in [3.05, 3.63) is 63.9 Å². The third kappa shape index (κ3) is 3.17. The van der Waals surface area contributed by atoms with E-state index in [9.17, 15) is 0 Å². The highest BCUT2D eigenvalue weighted by atomic mass is 35.5. The number of anilines is 1. The minimum atomic E-state index is 0.383. The van der Waals surface area contributed by atoms with Crippen LogP contribution in [0.25, 0.3) is 11.5 Å². The summed E-state index contributed by atoms with van der Waals surface area (Å²) in [5.41, 5.74) is 8.14. The zero-order valence-corrected chi connectivity index (χ0v) is 12.4. The summed E-state index contributed by atoms with van der Waals surface area (Å²) in [4.78, 5) is 4.35. The standard InChI is InChI=1S/C15H11Cl2N3O/c16-10-3-1-9(2-4-10)7-14-19-15(21-20-14)12-6-5-11(17)8-13(12)18/h1-6,8H,7,18H2. The predicted molar refractivity (Wildman–Crippen MR) is 83.4 cm³/mol. The van der Waals surface area contributed by atoms with Crippen molar-refractivity contribution in [3.63, 3.8) is 0 Å². The van der Waals surface area contributed by atoms with Gasteiger partial charge in [0.2, 0.25) is 0 Å². The molecule has 6 heteroatoms. The van der Waals surface area contributed by atoms with Gasteiger partial charge < -0.3 is 10.3 Å². The molecule has 0 saturated carbocycles. The number of rotatable bonds is 3. The van der Waals surface area contributed by atoms with E-state index in [-0.39, 0.29) is 0 Å². The van der Waals surface area contributed by atoms with Crippen molar-refractivity contribution in [2.75, 3.05) is 5.73 Å². The quantitative estimate of drug-likeness (QED) is 0.734. The normalized spacial score (nSPS) is 10.8. The fourth-order valence-electron chi connectivity index (χ4n) is 1.95. The van der Waals surface area contributed by atoms with E-state index < -0.39 is 0 Å². The van der Waals surface area contributed by atoms with Gasteiger partial charge in [0.05, 0.1) is 5.56 Å². The number of hydrogen-bond donors (Lipinski definition) is 1. The van der Waals surface area contributed by atoms with Crippen molar-refractivity contribution in [2.45, 2.75) is 6.42 Å². The highest BCUT2D eigenvalue weighted by Gasteiger charge is 2.12. The highest BCUT2D eigenvalue weighted by molar-refractivity contribution is 6.31. The Morgan fingerprint density at radius 3 is 2.43 bits per heavy atom. The molecule has 0 amide bonds. The van der Waals surface area contributed by atoms with Gasteiger partial charge in [0.1, 0.15) is 0 Å². The second-order valence-corrected chi connectivity index (χ2v) is 5.42. The smallest absolute Gasteiger partial charge is 0.260 e. The van der Waals surface area contributed by atoms with Crippen LogP contribution in [0, 0.1) is 0 Å². The Balaban J connectivity index is 1.84. The first-order valence-electron chi connectivity index (χ1n) is 6.24. The molecular formula is C15H11Cl2N3O. The molecule has 0 saturated heterocycles. The van der Waals surface area contributed by atoms with Gasteiger partial charge in [0.15, 0.2) is 5.82 Å². The summed E-state index contributed by atoms with van der Waals surface area (Å²) in [5.74, 6) is 0.967. The number of aromatic nitrogens is 2. The van der Waals surface area contributed by atoms with Gasteiger partial charge in [-0.15, -0.1) is 0 Å². The summed E-state index contributed by atoms with van der Waals surface area (Å²) < 4.78 is 5.26. The number of nitrogen functional groups attached to an aromatic ring is 1. The number of benzene rings is 2. The van der Waals surface area contributed by atoms with E-state index >= 15 is 0 Å². The minimum absolute atomic E-state index is 0.383. The van der Waals surface area contributed by atoms with E-state index in [2.05, 4.69) is 10.1 Å². The Hall–Kier alpha value is -2.04. The van der Waals surface area contributed by atoms with Crippen LogP contribution in [0.4, 0.5) is 5.69 Å². The lowest BCUT2D eigenvalue weighted by atomic mass is 10.1. The lowest BCUT2D eigenvalue weighted by Gasteiger charge is -2.00. The van der Waals surface area contributed by atoms with E-state index in [1.165, 1.54) is 0 Å². The summed E-state index contributed by atoms with van der Waals surface area (Å²) in [6, 6.07) is 12.7. The molecule has 0 bridgehead atoms. The van der Waals surface area contributed by atoms with Crippen molar-refractivity contribution in [3.8, 4) is 11.5 Å². The van der Waals surface area contributed by atoms with Gasteiger partial charge in [0, 0.05) is 22.2 Å². The summed E-state index contributed by atoms with van der Waals surface area (Å²) in [5, 5.41) is 5.23. The molecule has 0 aliphatic heterocycles. The molecule has 3 rings (SSSR count). The average Bonchev–Trinajstić information content (AvgIpc) is 2.90. The number of halogens is 2. The van der Waals surface area contributed by atoms with Crippen LogP contribution in [0.2, 0.25) is 10.0 Å². The fourth-order valence-corrected chi connectivity index (χ4v) is 2.25. The van der Waals surface area contributed by atoms with E-state index in [0.717, 1.165) is 5.56 Å².